The van der Waals surface area contributed by atoms with E-state index in [4.69, 9.17) is 0 Å². The van der Waals surface area contributed by atoms with Crippen molar-refractivity contribution >= 4 is 54.7 Å². The minimum Gasteiger partial charge on any atom is -0.465 e. The van der Waals surface area contributed by atoms with Gasteiger partial charge in [0.2, 0.25) is 0 Å². The molecule has 3 aromatic heterocycles. The lowest BCUT2D eigenvalue weighted by Gasteiger charge is -2.35. The SMILES string of the molecule is COC(=O)c1ccc(S(=O)(=O)N2CCN(CC(C)Nc3ncnc4c(C)csc34)CC2)s1. The van der Waals surface area contributed by atoms with Gasteiger partial charge in [0.1, 0.15) is 21.2 Å². The minimum atomic E-state index is -3.62. The number of piperazine rings is 1. The van der Waals surface area contributed by atoms with E-state index in [1.807, 2.05) is 6.92 Å². The van der Waals surface area contributed by atoms with Gasteiger partial charge in [-0.05, 0) is 36.9 Å². The summed E-state index contributed by atoms with van der Waals surface area (Å²) in [4.78, 5) is 22.9. The van der Waals surface area contributed by atoms with Crippen molar-refractivity contribution < 1.29 is 17.9 Å². The maximum absolute atomic E-state index is 12.9. The first-order valence-corrected chi connectivity index (χ1v) is 13.3. The summed E-state index contributed by atoms with van der Waals surface area (Å²) in [6, 6.07) is 3.10. The first-order valence-electron chi connectivity index (χ1n) is 10.2. The van der Waals surface area contributed by atoms with E-state index in [0.717, 1.165) is 39.5 Å². The van der Waals surface area contributed by atoms with Crippen molar-refractivity contribution in [1.82, 2.24) is 19.2 Å². The minimum absolute atomic E-state index is 0.138. The number of hydrogen-bond donors (Lipinski definition) is 1. The molecule has 4 heterocycles. The number of esters is 1. The van der Waals surface area contributed by atoms with Crippen molar-refractivity contribution in [2.24, 2.45) is 0 Å². The number of aryl methyl sites for hydroxylation is 1. The molecule has 0 saturated carbocycles. The number of sulfonamides is 1. The second-order valence-electron chi connectivity index (χ2n) is 7.68. The van der Waals surface area contributed by atoms with Gasteiger partial charge in [0.15, 0.2) is 0 Å². The number of anilines is 1. The maximum Gasteiger partial charge on any atom is 0.348 e. The summed E-state index contributed by atoms with van der Waals surface area (Å²) in [6.07, 6.45) is 1.58. The molecule has 9 nitrogen and oxygen atoms in total. The van der Waals surface area contributed by atoms with Gasteiger partial charge < -0.3 is 10.1 Å². The Morgan fingerprint density at radius 1 is 1.25 bits per heavy atom. The average molecular weight is 496 g/mol. The third kappa shape index (κ3) is 4.64. The van der Waals surface area contributed by atoms with Gasteiger partial charge in [-0.15, -0.1) is 22.7 Å². The van der Waals surface area contributed by atoms with Crippen LogP contribution in [0.2, 0.25) is 0 Å². The van der Waals surface area contributed by atoms with E-state index in [0.29, 0.717) is 26.2 Å². The van der Waals surface area contributed by atoms with Crippen molar-refractivity contribution in [3.63, 3.8) is 0 Å². The van der Waals surface area contributed by atoms with Gasteiger partial charge in [-0.25, -0.2) is 23.2 Å². The molecular formula is C20H25N5O4S3. The largest absolute Gasteiger partial charge is 0.465 e. The van der Waals surface area contributed by atoms with Crippen LogP contribution < -0.4 is 5.32 Å². The molecular weight excluding hydrogens is 470 g/mol. The third-order valence-corrected chi connectivity index (χ3v) is 9.86. The summed E-state index contributed by atoms with van der Waals surface area (Å²) in [7, 11) is -2.34. The number of methoxy groups -OCH3 is 1. The van der Waals surface area contributed by atoms with Gasteiger partial charge >= 0.3 is 5.97 Å². The molecule has 12 heteroatoms. The van der Waals surface area contributed by atoms with Crippen LogP contribution in [0.25, 0.3) is 10.2 Å². The van der Waals surface area contributed by atoms with Crippen molar-refractivity contribution in [1.29, 1.82) is 0 Å². The quantitative estimate of drug-likeness (QED) is 0.499. The number of ether oxygens (including phenoxy) is 1. The molecule has 0 aromatic carbocycles. The normalized spacial score (nSPS) is 16.8. The molecule has 1 atom stereocenters. The van der Waals surface area contributed by atoms with Crippen LogP contribution in [0.1, 0.15) is 22.2 Å². The van der Waals surface area contributed by atoms with Crippen LogP contribution in [0.5, 0.6) is 0 Å². The molecule has 0 bridgehead atoms. The van der Waals surface area contributed by atoms with Gasteiger partial charge in [0.05, 0.1) is 17.3 Å². The number of carbonyl (C=O) groups is 1. The molecule has 1 unspecified atom stereocenters. The highest BCUT2D eigenvalue weighted by Crippen LogP contribution is 2.29. The molecule has 1 aliphatic rings. The molecule has 0 aliphatic carbocycles. The van der Waals surface area contributed by atoms with E-state index in [1.165, 1.54) is 23.5 Å². The molecule has 32 heavy (non-hydrogen) atoms. The molecule has 172 valence electrons. The standard InChI is InChI=1S/C20H25N5O4S3/c1-13-11-30-18-17(13)21-12-22-19(18)23-14(2)10-24-6-8-25(9-7-24)32(27,28)16-5-4-15(31-16)20(26)29-3/h4-5,11-12,14H,6-10H2,1-3H3,(H,21,22,23). The average Bonchev–Trinajstić information content (AvgIpc) is 3.42. The summed E-state index contributed by atoms with van der Waals surface area (Å²) in [5.74, 6) is 0.308. The van der Waals surface area contributed by atoms with E-state index in [-0.39, 0.29) is 15.1 Å². The summed E-state index contributed by atoms with van der Waals surface area (Å²) >= 11 is 2.57. The number of thiophene rings is 2. The Hall–Kier alpha value is -2.12. The van der Waals surface area contributed by atoms with Gasteiger partial charge in [-0.2, -0.15) is 4.31 Å². The summed E-state index contributed by atoms with van der Waals surface area (Å²) in [6.45, 7) is 6.99. The lowest BCUT2D eigenvalue weighted by Crippen LogP contribution is -2.50. The maximum atomic E-state index is 12.9. The van der Waals surface area contributed by atoms with Crippen LogP contribution in [0.3, 0.4) is 0 Å². The topological polar surface area (TPSA) is 105 Å². The van der Waals surface area contributed by atoms with Crippen molar-refractivity contribution in [2.75, 3.05) is 45.2 Å². The van der Waals surface area contributed by atoms with E-state index < -0.39 is 16.0 Å². The molecule has 1 saturated heterocycles. The van der Waals surface area contributed by atoms with Crippen molar-refractivity contribution in [3.05, 3.63) is 34.3 Å². The van der Waals surface area contributed by atoms with Crippen LogP contribution in [-0.4, -0.2) is 79.4 Å². The Morgan fingerprint density at radius 2 is 2.00 bits per heavy atom. The van der Waals surface area contributed by atoms with E-state index in [9.17, 15) is 13.2 Å². The Kier molecular flexibility index (Phi) is 6.77. The second-order valence-corrected chi connectivity index (χ2v) is 11.8. The second kappa shape index (κ2) is 9.40. The Bertz CT molecular complexity index is 1220. The highest BCUT2D eigenvalue weighted by molar-refractivity contribution is 7.91. The monoisotopic (exact) mass is 495 g/mol. The van der Waals surface area contributed by atoms with Crippen molar-refractivity contribution in [3.8, 4) is 0 Å². The fraction of sp³-hybridized carbons (Fsp3) is 0.450. The predicted molar refractivity (Wildman–Crippen MR) is 126 cm³/mol. The predicted octanol–water partition coefficient (Wildman–Crippen LogP) is 2.65. The van der Waals surface area contributed by atoms with Crippen LogP contribution in [0, 0.1) is 6.92 Å². The summed E-state index contributed by atoms with van der Waals surface area (Å²) in [5, 5.41) is 5.56. The van der Waals surface area contributed by atoms with E-state index >= 15 is 0 Å². The first kappa shape index (κ1) is 23.1. The zero-order valence-corrected chi connectivity index (χ0v) is 20.5. The molecule has 3 aromatic rings. The zero-order valence-electron chi connectivity index (χ0n) is 18.1. The molecule has 4 rings (SSSR count). The lowest BCUT2D eigenvalue weighted by atomic mass is 10.2. The zero-order chi connectivity index (χ0) is 22.9. The smallest absolute Gasteiger partial charge is 0.348 e. The Balaban J connectivity index is 1.34. The Labute approximate surface area is 195 Å². The van der Waals surface area contributed by atoms with E-state index in [1.54, 1.807) is 17.7 Å². The highest BCUT2D eigenvalue weighted by atomic mass is 32.2. The summed E-state index contributed by atoms with van der Waals surface area (Å²) in [5.41, 5.74) is 2.12. The number of hydrogen-bond acceptors (Lipinski definition) is 10. The van der Waals surface area contributed by atoms with Crippen LogP contribution >= 0.6 is 22.7 Å². The number of nitrogens with zero attached hydrogens (tertiary/aromatic N) is 4. The fourth-order valence-corrected chi connectivity index (χ4v) is 7.44. The summed E-state index contributed by atoms with van der Waals surface area (Å²) < 4.78 is 33.3. The van der Waals surface area contributed by atoms with Crippen LogP contribution in [-0.2, 0) is 14.8 Å². The van der Waals surface area contributed by atoms with Crippen LogP contribution in [0.15, 0.2) is 28.0 Å². The van der Waals surface area contributed by atoms with Gasteiger partial charge in [0.25, 0.3) is 10.0 Å². The fourth-order valence-electron chi connectivity index (χ4n) is 3.69. The highest BCUT2D eigenvalue weighted by Gasteiger charge is 2.30. The first-order chi connectivity index (χ1) is 15.3. The van der Waals surface area contributed by atoms with Gasteiger partial charge in [0, 0.05) is 38.8 Å². The molecule has 1 aliphatic heterocycles. The Morgan fingerprint density at radius 3 is 2.72 bits per heavy atom. The van der Waals surface area contributed by atoms with Crippen LogP contribution in [0.4, 0.5) is 5.82 Å². The molecule has 1 N–H and O–H groups in total. The third-order valence-electron chi connectivity index (χ3n) is 5.34. The molecule has 0 amide bonds. The van der Waals surface area contributed by atoms with E-state index in [2.05, 4.69) is 37.2 Å². The lowest BCUT2D eigenvalue weighted by molar-refractivity contribution is 0.0606. The number of nitrogens with one attached hydrogen (secondary N) is 1. The molecule has 1 fully saturated rings. The number of aromatic nitrogens is 2. The number of carbonyl (C=O) groups excluding carboxylic acids is 1. The molecule has 0 spiro atoms. The number of rotatable bonds is 7. The van der Waals surface area contributed by atoms with Gasteiger partial charge in [-0.1, -0.05) is 0 Å². The number of fused-ring (bicyclic) bond motifs is 1. The van der Waals surface area contributed by atoms with Crippen molar-refractivity contribution in [2.45, 2.75) is 24.1 Å². The van der Waals surface area contributed by atoms with Gasteiger partial charge in [-0.3, -0.25) is 4.90 Å². The molecule has 0 radical (unpaired) electrons.